The number of nitrogens with one attached hydrogen (secondary N) is 1. The number of esters is 1. The standard InChI is InChI=1S/C16H14ClN3O5/c1-7-4-5-9(6-10(7)17)19-14(22)11-12(16(24)25-3)18-20(8(2)21)13(11)15(19)23/h4-6,13,18H,1-3H3/t13-/m1/s1. The second kappa shape index (κ2) is 5.89. The zero-order valence-electron chi connectivity index (χ0n) is 13.6. The van der Waals surface area contributed by atoms with Gasteiger partial charge in [0.1, 0.15) is 0 Å². The first-order valence-corrected chi connectivity index (χ1v) is 7.69. The lowest BCUT2D eigenvalue weighted by atomic mass is 10.1. The molecule has 0 aromatic heterocycles. The molecule has 1 N–H and O–H groups in total. The Morgan fingerprint density at radius 1 is 1.28 bits per heavy atom. The van der Waals surface area contributed by atoms with E-state index >= 15 is 0 Å². The lowest BCUT2D eigenvalue weighted by Gasteiger charge is -2.23. The van der Waals surface area contributed by atoms with Crippen molar-refractivity contribution in [2.75, 3.05) is 12.0 Å². The Morgan fingerprint density at radius 2 is 1.96 bits per heavy atom. The number of carbonyl (C=O) groups is 4. The molecule has 1 aromatic carbocycles. The van der Waals surface area contributed by atoms with E-state index in [-0.39, 0.29) is 17.0 Å². The highest BCUT2D eigenvalue weighted by molar-refractivity contribution is 6.35. The van der Waals surface area contributed by atoms with Gasteiger partial charge in [-0.05, 0) is 24.6 Å². The molecule has 3 amide bonds. The van der Waals surface area contributed by atoms with Crippen LogP contribution < -0.4 is 10.3 Å². The summed E-state index contributed by atoms with van der Waals surface area (Å²) in [5.41, 5.74) is 3.20. The summed E-state index contributed by atoms with van der Waals surface area (Å²) in [6.07, 6.45) is 0. The Labute approximate surface area is 147 Å². The van der Waals surface area contributed by atoms with Gasteiger partial charge >= 0.3 is 5.97 Å². The highest BCUT2D eigenvalue weighted by Crippen LogP contribution is 2.35. The summed E-state index contributed by atoms with van der Waals surface area (Å²) in [7, 11) is 1.14. The third-order valence-corrected chi connectivity index (χ3v) is 4.47. The SMILES string of the molecule is COC(=O)C1=C2C(=O)N(c3ccc(C)c(Cl)c3)C(=O)[C@@H]2N(C(C)=O)N1. The molecule has 1 saturated heterocycles. The van der Waals surface area contributed by atoms with Gasteiger partial charge in [0.25, 0.3) is 11.8 Å². The van der Waals surface area contributed by atoms with Crippen LogP contribution in [0.1, 0.15) is 12.5 Å². The first-order chi connectivity index (χ1) is 11.8. The minimum absolute atomic E-state index is 0.122. The van der Waals surface area contributed by atoms with E-state index in [1.807, 2.05) is 0 Å². The molecule has 0 aliphatic carbocycles. The Kier molecular flexibility index (Phi) is 4.00. The topological polar surface area (TPSA) is 96.0 Å². The monoisotopic (exact) mass is 363 g/mol. The predicted octanol–water partition coefficient (Wildman–Crippen LogP) is 0.684. The van der Waals surface area contributed by atoms with E-state index in [0.29, 0.717) is 5.02 Å². The van der Waals surface area contributed by atoms with Crippen molar-refractivity contribution >= 4 is 41.0 Å². The van der Waals surface area contributed by atoms with Crippen molar-refractivity contribution in [3.8, 4) is 0 Å². The third-order valence-electron chi connectivity index (χ3n) is 4.06. The largest absolute Gasteiger partial charge is 0.464 e. The fraction of sp³-hybridized carbons (Fsp3) is 0.250. The number of fused-ring (bicyclic) bond motifs is 1. The average Bonchev–Trinajstić information content (AvgIpc) is 3.08. The number of aryl methyl sites for hydroxylation is 1. The van der Waals surface area contributed by atoms with Gasteiger partial charge in [-0.2, -0.15) is 0 Å². The van der Waals surface area contributed by atoms with Crippen molar-refractivity contribution in [3.05, 3.63) is 40.1 Å². The van der Waals surface area contributed by atoms with Crippen LogP contribution in [0.2, 0.25) is 5.02 Å². The molecule has 1 aromatic rings. The van der Waals surface area contributed by atoms with Gasteiger partial charge in [-0.1, -0.05) is 17.7 Å². The summed E-state index contributed by atoms with van der Waals surface area (Å²) in [5.74, 6) is -2.71. The number of methoxy groups -OCH3 is 1. The van der Waals surface area contributed by atoms with Gasteiger partial charge in [-0.15, -0.1) is 0 Å². The number of amides is 3. The number of hydrogen-bond acceptors (Lipinski definition) is 6. The molecule has 130 valence electrons. The van der Waals surface area contributed by atoms with Crippen molar-refractivity contribution in [1.82, 2.24) is 10.4 Å². The van der Waals surface area contributed by atoms with Crippen LogP contribution in [0.5, 0.6) is 0 Å². The van der Waals surface area contributed by atoms with Crippen molar-refractivity contribution in [2.24, 2.45) is 0 Å². The van der Waals surface area contributed by atoms with Gasteiger partial charge in [0, 0.05) is 11.9 Å². The third kappa shape index (κ3) is 2.45. The fourth-order valence-corrected chi connectivity index (χ4v) is 2.97. The van der Waals surface area contributed by atoms with Crippen molar-refractivity contribution in [3.63, 3.8) is 0 Å². The average molecular weight is 364 g/mol. The number of benzene rings is 1. The van der Waals surface area contributed by atoms with Crippen LogP contribution in [0.15, 0.2) is 29.5 Å². The normalized spacial score (nSPS) is 19.3. The van der Waals surface area contributed by atoms with E-state index in [9.17, 15) is 19.2 Å². The lowest BCUT2D eigenvalue weighted by molar-refractivity contribution is -0.140. The molecule has 3 rings (SSSR count). The van der Waals surface area contributed by atoms with Crippen molar-refractivity contribution in [2.45, 2.75) is 19.9 Å². The van der Waals surface area contributed by atoms with Gasteiger partial charge in [0.05, 0.1) is 18.4 Å². The van der Waals surface area contributed by atoms with Crippen molar-refractivity contribution < 1.29 is 23.9 Å². The lowest BCUT2D eigenvalue weighted by Crippen LogP contribution is -2.48. The molecule has 2 heterocycles. The van der Waals surface area contributed by atoms with E-state index in [1.165, 1.54) is 13.0 Å². The molecule has 2 aliphatic heterocycles. The first-order valence-electron chi connectivity index (χ1n) is 7.31. The zero-order valence-corrected chi connectivity index (χ0v) is 14.4. The number of nitrogens with zero attached hydrogens (tertiary/aromatic N) is 2. The molecule has 2 aliphatic rings. The molecule has 0 spiro atoms. The minimum Gasteiger partial charge on any atom is -0.464 e. The summed E-state index contributed by atoms with van der Waals surface area (Å²) in [5, 5.41) is 1.33. The minimum atomic E-state index is -1.22. The number of imide groups is 1. The molecule has 0 saturated carbocycles. The highest BCUT2D eigenvalue weighted by Gasteiger charge is 2.55. The van der Waals surface area contributed by atoms with Crippen LogP contribution in [-0.2, 0) is 23.9 Å². The maximum atomic E-state index is 12.8. The number of carbonyl (C=O) groups excluding carboxylic acids is 4. The molecular formula is C16H14ClN3O5. The van der Waals surface area contributed by atoms with Crippen LogP contribution >= 0.6 is 11.6 Å². The summed E-state index contributed by atoms with van der Waals surface area (Å²) in [6.45, 7) is 3.00. The number of anilines is 1. The van der Waals surface area contributed by atoms with Gasteiger partial charge in [-0.25, -0.2) is 14.7 Å². The fourth-order valence-electron chi connectivity index (χ4n) is 2.80. The van der Waals surface area contributed by atoms with Crippen LogP contribution in [-0.4, -0.2) is 41.9 Å². The Balaban J connectivity index is 2.12. The number of halogens is 1. The molecule has 8 nitrogen and oxygen atoms in total. The summed E-state index contributed by atoms with van der Waals surface area (Å²) >= 11 is 6.08. The van der Waals surface area contributed by atoms with Gasteiger partial charge < -0.3 is 4.74 Å². The molecule has 25 heavy (non-hydrogen) atoms. The van der Waals surface area contributed by atoms with Crippen molar-refractivity contribution in [1.29, 1.82) is 0 Å². The predicted molar refractivity (Wildman–Crippen MR) is 87.2 cm³/mol. The smallest absolute Gasteiger partial charge is 0.356 e. The maximum absolute atomic E-state index is 12.8. The quantitative estimate of drug-likeness (QED) is 0.613. The maximum Gasteiger partial charge on any atom is 0.356 e. The summed E-state index contributed by atoms with van der Waals surface area (Å²) < 4.78 is 4.63. The van der Waals surface area contributed by atoms with E-state index in [4.69, 9.17) is 11.6 Å². The number of rotatable bonds is 2. The van der Waals surface area contributed by atoms with Crippen LogP contribution in [0.25, 0.3) is 0 Å². The van der Waals surface area contributed by atoms with Crippen LogP contribution in [0.3, 0.4) is 0 Å². The summed E-state index contributed by atoms with van der Waals surface area (Å²) in [4.78, 5) is 50.3. The van der Waals surface area contributed by atoms with Gasteiger partial charge in [-0.3, -0.25) is 19.8 Å². The van der Waals surface area contributed by atoms with E-state index in [2.05, 4.69) is 10.2 Å². The van der Waals surface area contributed by atoms with E-state index < -0.39 is 29.7 Å². The van der Waals surface area contributed by atoms with Crippen LogP contribution in [0, 0.1) is 6.92 Å². The Morgan fingerprint density at radius 3 is 2.52 bits per heavy atom. The molecular weight excluding hydrogens is 350 g/mol. The molecule has 0 bridgehead atoms. The van der Waals surface area contributed by atoms with E-state index in [1.54, 1.807) is 19.1 Å². The molecule has 1 fully saturated rings. The summed E-state index contributed by atoms with van der Waals surface area (Å²) in [6, 6.07) is 3.50. The van der Waals surface area contributed by atoms with Crippen LogP contribution in [0.4, 0.5) is 5.69 Å². The Hall–Kier alpha value is -2.87. The number of hydrogen-bond donors (Lipinski definition) is 1. The van der Waals surface area contributed by atoms with Gasteiger partial charge in [0.2, 0.25) is 5.91 Å². The first kappa shape index (κ1) is 17.0. The van der Waals surface area contributed by atoms with E-state index in [0.717, 1.165) is 22.6 Å². The highest BCUT2D eigenvalue weighted by atomic mass is 35.5. The van der Waals surface area contributed by atoms with Gasteiger partial charge in [0.15, 0.2) is 11.7 Å². The number of hydrazine groups is 1. The Bertz CT molecular complexity index is 863. The second-order valence-corrected chi connectivity index (χ2v) is 6.00. The zero-order chi connectivity index (χ0) is 18.5. The second-order valence-electron chi connectivity index (χ2n) is 5.60. The molecule has 0 radical (unpaired) electrons. The molecule has 1 atom stereocenters. The molecule has 9 heteroatoms. The molecule has 0 unspecified atom stereocenters. The number of ether oxygens (including phenoxy) is 1.